The Bertz CT molecular complexity index is 775. The van der Waals surface area contributed by atoms with Crippen molar-refractivity contribution >= 4 is 0 Å². The first-order valence-corrected chi connectivity index (χ1v) is 14.1. The Morgan fingerprint density at radius 1 is 0.875 bits per heavy atom. The van der Waals surface area contributed by atoms with E-state index in [2.05, 4.69) is 54.5 Å². The highest BCUT2D eigenvalue weighted by Crippen LogP contribution is 2.89. The van der Waals surface area contributed by atoms with E-state index in [1.807, 2.05) is 7.11 Å². The van der Waals surface area contributed by atoms with Crippen LogP contribution in [0.2, 0.25) is 0 Å². The van der Waals surface area contributed by atoms with Crippen LogP contribution < -0.4 is 0 Å². The molecule has 0 N–H and O–H groups in total. The van der Waals surface area contributed by atoms with Crippen LogP contribution in [0.5, 0.6) is 0 Å². The maximum atomic E-state index is 6.04. The minimum absolute atomic E-state index is 0.348. The third-order valence-corrected chi connectivity index (χ3v) is 13.3. The Labute approximate surface area is 199 Å². The summed E-state index contributed by atoms with van der Waals surface area (Å²) in [6, 6.07) is 0. The first-order chi connectivity index (χ1) is 15.0. The molecule has 1 nitrogen and oxygen atoms in total. The quantitative estimate of drug-likeness (QED) is 0.388. The monoisotopic (exact) mass is 440 g/mol. The van der Waals surface area contributed by atoms with E-state index in [1.165, 1.54) is 69.8 Å². The fraction of sp³-hybridized carbons (Fsp3) is 0.935. The van der Waals surface area contributed by atoms with Crippen LogP contribution in [0.1, 0.15) is 119 Å². The molecule has 5 fully saturated rings. The standard InChI is InChI=1S/C31H52O/c1-21(2)10-9-11-22(3)23-14-16-29(7)25-13-12-24-27(4,5)26(32-8)15-17-30(24)20-31(25,30)19-18-28(23,29)6/h10,22-26H,9,11-20H2,1-8H3/t22-,23-,24+,25+,26+,28-,29+,30-,31+/m1/s1. The van der Waals surface area contributed by atoms with Gasteiger partial charge in [-0.25, -0.2) is 0 Å². The summed E-state index contributed by atoms with van der Waals surface area (Å²) in [5, 5.41) is 0. The van der Waals surface area contributed by atoms with Gasteiger partial charge < -0.3 is 4.74 Å². The van der Waals surface area contributed by atoms with E-state index in [1.54, 1.807) is 6.42 Å². The van der Waals surface area contributed by atoms with Crippen molar-refractivity contribution < 1.29 is 4.74 Å². The zero-order chi connectivity index (χ0) is 23.2. The number of allylic oxidation sites excluding steroid dienone is 2. The van der Waals surface area contributed by atoms with Crippen molar-refractivity contribution in [1.82, 2.24) is 0 Å². The molecule has 0 aromatic heterocycles. The molecule has 5 aliphatic carbocycles. The Morgan fingerprint density at radius 2 is 1.56 bits per heavy atom. The van der Waals surface area contributed by atoms with Gasteiger partial charge in [0.1, 0.15) is 0 Å². The van der Waals surface area contributed by atoms with E-state index in [4.69, 9.17) is 4.74 Å². The van der Waals surface area contributed by atoms with E-state index in [-0.39, 0.29) is 0 Å². The smallest absolute Gasteiger partial charge is 0.0625 e. The number of rotatable bonds is 5. The lowest BCUT2D eigenvalue weighted by molar-refractivity contribution is -0.166. The Hall–Kier alpha value is -0.300. The van der Waals surface area contributed by atoms with Gasteiger partial charge in [0.2, 0.25) is 0 Å². The molecule has 32 heavy (non-hydrogen) atoms. The summed E-state index contributed by atoms with van der Waals surface area (Å²) >= 11 is 0. The molecule has 0 unspecified atom stereocenters. The van der Waals surface area contributed by atoms with Crippen LogP contribution >= 0.6 is 0 Å². The van der Waals surface area contributed by atoms with Gasteiger partial charge in [0.25, 0.3) is 0 Å². The summed E-state index contributed by atoms with van der Waals surface area (Å²) < 4.78 is 6.04. The highest BCUT2D eigenvalue weighted by Gasteiger charge is 2.82. The largest absolute Gasteiger partial charge is 0.381 e. The zero-order valence-electron chi connectivity index (χ0n) is 22.7. The average molecular weight is 441 g/mol. The minimum atomic E-state index is 0.348. The van der Waals surface area contributed by atoms with Crippen molar-refractivity contribution in [1.29, 1.82) is 0 Å². The second kappa shape index (κ2) is 7.35. The van der Waals surface area contributed by atoms with Gasteiger partial charge in [-0.05, 0) is 135 Å². The van der Waals surface area contributed by atoms with E-state index >= 15 is 0 Å². The Morgan fingerprint density at radius 3 is 2.25 bits per heavy atom. The number of methoxy groups -OCH3 is 1. The van der Waals surface area contributed by atoms with Gasteiger partial charge in [-0.1, -0.05) is 46.3 Å². The van der Waals surface area contributed by atoms with E-state index in [0.717, 1.165) is 23.7 Å². The summed E-state index contributed by atoms with van der Waals surface area (Å²) in [4.78, 5) is 0. The molecule has 182 valence electrons. The molecular weight excluding hydrogens is 388 g/mol. The van der Waals surface area contributed by atoms with Crippen LogP contribution in [0.3, 0.4) is 0 Å². The number of ether oxygens (including phenoxy) is 1. The molecule has 5 saturated carbocycles. The van der Waals surface area contributed by atoms with Crippen LogP contribution in [-0.2, 0) is 4.74 Å². The van der Waals surface area contributed by atoms with Crippen molar-refractivity contribution in [3.05, 3.63) is 11.6 Å². The topological polar surface area (TPSA) is 9.23 Å². The number of hydrogen-bond acceptors (Lipinski definition) is 1. The Balaban J connectivity index is 1.40. The highest BCUT2D eigenvalue weighted by molar-refractivity contribution is 5.30. The van der Waals surface area contributed by atoms with Crippen molar-refractivity contribution in [3.8, 4) is 0 Å². The van der Waals surface area contributed by atoms with Crippen molar-refractivity contribution in [2.45, 2.75) is 125 Å². The maximum Gasteiger partial charge on any atom is 0.0625 e. The summed E-state index contributed by atoms with van der Waals surface area (Å²) in [5.74, 6) is 3.67. The zero-order valence-corrected chi connectivity index (χ0v) is 22.7. The lowest BCUT2D eigenvalue weighted by Crippen LogP contribution is -2.57. The molecule has 0 amide bonds. The second-order valence-electron chi connectivity index (χ2n) is 14.6. The van der Waals surface area contributed by atoms with Crippen LogP contribution in [0.15, 0.2) is 11.6 Å². The van der Waals surface area contributed by atoms with Gasteiger partial charge in [-0.15, -0.1) is 0 Å². The van der Waals surface area contributed by atoms with Crippen LogP contribution in [0, 0.1) is 50.7 Å². The van der Waals surface area contributed by atoms with Gasteiger partial charge in [0.05, 0.1) is 6.10 Å². The van der Waals surface area contributed by atoms with Gasteiger partial charge in [-0.2, -0.15) is 0 Å². The van der Waals surface area contributed by atoms with Gasteiger partial charge >= 0.3 is 0 Å². The second-order valence-corrected chi connectivity index (χ2v) is 14.6. The van der Waals surface area contributed by atoms with Gasteiger partial charge in [0.15, 0.2) is 0 Å². The molecule has 1 heteroatoms. The van der Waals surface area contributed by atoms with Gasteiger partial charge in [0, 0.05) is 7.11 Å². The van der Waals surface area contributed by atoms with Crippen molar-refractivity contribution in [2.75, 3.05) is 7.11 Å². The summed E-state index contributed by atoms with van der Waals surface area (Å²) in [6.07, 6.45) is 18.9. The maximum absolute atomic E-state index is 6.04. The van der Waals surface area contributed by atoms with Crippen molar-refractivity contribution in [2.24, 2.45) is 50.7 Å². The molecule has 0 aliphatic heterocycles. The molecule has 0 aromatic carbocycles. The third-order valence-electron chi connectivity index (χ3n) is 13.3. The summed E-state index contributed by atoms with van der Waals surface area (Å²) in [6.45, 7) is 17.7. The Kier molecular flexibility index (Phi) is 5.38. The lowest BCUT2D eigenvalue weighted by atomic mass is 9.41. The molecule has 0 aromatic rings. The lowest BCUT2D eigenvalue weighted by Gasteiger charge is -2.63. The predicted molar refractivity (Wildman–Crippen MR) is 136 cm³/mol. The predicted octanol–water partition coefficient (Wildman–Crippen LogP) is 8.82. The molecule has 0 saturated heterocycles. The molecule has 5 rings (SSSR count). The van der Waals surface area contributed by atoms with Crippen LogP contribution in [0.25, 0.3) is 0 Å². The van der Waals surface area contributed by atoms with Gasteiger partial charge in [-0.3, -0.25) is 0 Å². The molecule has 9 atom stereocenters. The minimum Gasteiger partial charge on any atom is -0.381 e. The molecule has 2 spiro atoms. The third kappa shape index (κ3) is 2.79. The van der Waals surface area contributed by atoms with E-state index < -0.39 is 0 Å². The summed E-state index contributed by atoms with van der Waals surface area (Å²) in [7, 11) is 1.96. The highest BCUT2D eigenvalue weighted by atomic mass is 16.5. The molecular formula is C31H52O. The fourth-order valence-electron chi connectivity index (χ4n) is 11.5. The van der Waals surface area contributed by atoms with Crippen molar-refractivity contribution in [3.63, 3.8) is 0 Å². The molecule has 5 aliphatic rings. The molecule has 0 heterocycles. The summed E-state index contributed by atoms with van der Waals surface area (Å²) in [5.41, 5.74) is 4.30. The molecule has 0 bridgehead atoms. The normalized spacial score (nSPS) is 51.6. The van der Waals surface area contributed by atoms with Crippen LogP contribution in [0.4, 0.5) is 0 Å². The van der Waals surface area contributed by atoms with Crippen LogP contribution in [-0.4, -0.2) is 13.2 Å². The van der Waals surface area contributed by atoms with E-state index in [9.17, 15) is 0 Å². The number of fused-ring (bicyclic) bond motifs is 2. The fourth-order valence-corrected chi connectivity index (χ4v) is 11.5. The SMILES string of the molecule is CO[C@H]1CC[C@]23C[C@]24CC[C@]2(C)[C@@H]([C@H](C)CCC=C(C)C)CC[C@@]2(C)[C@@H]4CC[C@H]3C1(C)C. The first kappa shape index (κ1) is 23.4. The molecule has 0 radical (unpaired) electrons. The first-order valence-electron chi connectivity index (χ1n) is 14.1. The van der Waals surface area contributed by atoms with E-state index in [0.29, 0.717) is 33.2 Å². The average Bonchev–Trinajstić information content (AvgIpc) is 3.30. The number of hydrogen-bond donors (Lipinski definition) is 0.